The molecule has 13 heavy (non-hydrogen) atoms. The molecule has 1 fully saturated rings. The van der Waals surface area contributed by atoms with Crippen LogP contribution in [0.5, 0.6) is 0 Å². The van der Waals surface area contributed by atoms with Crippen molar-refractivity contribution < 1.29 is 19.1 Å². The van der Waals surface area contributed by atoms with Gasteiger partial charge in [0.1, 0.15) is 11.8 Å². The Balaban J connectivity index is 2.72. The first kappa shape index (κ1) is 9.70. The van der Waals surface area contributed by atoms with Gasteiger partial charge in [0.25, 0.3) is 5.91 Å². The van der Waals surface area contributed by atoms with Crippen molar-refractivity contribution >= 4 is 17.7 Å². The number of nitrogens with zero attached hydrogens (tertiary/aromatic N) is 1. The molecule has 0 spiro atoms. The van der Waals surface area contributed by atoms with Crippen LogP contribution in [0.15, 0.2) is 0 Å². The second kappa shape index (κ2) is 3.55. The third-order valence-electron chi connectivity index (χ3n) is 1.86. The smallest absolute Gasteiger partial charge is 0.329 e. The summed E-state index contributed by atoms with van der Waals surface area (Å²) in [5.41, 5.74) is 0. The van der Waals surface area contributed by atoms with E-state index in [-0.39, 0.29) is 24.8 Å². The zero-order valence-corrected chi connectivity index (χ0v) is 7.57. The third-order valence-corrected chi connectivity index (χ3v) is 1.86. The Kier molecular flexibility index (Phi) is 2.65. The fraction of sp³-hybridized carbons (Fsp3) is 0.625. The predicted octanol–water partition coefficient (Wildman–Crippen LogP) is -0.651. The molecule has 1 unspecified atom stereocenters. The van der Waals surface area contributed by atoms with Gasteiger partial charge in [0.05, 0.1) is 6.54 Å². The second-order valence-electron chi connectivity index (χ2n) is 3.01. The molecule has 0 aromatic carbocycles. The van der Waals surface area contributed by atoms with Crippen LogP contribution in [0.2, 0.25) is 0 Å². The maximum Gasteiger partial charge on any atom is 0.329 e. The summed E-state index contributed by atoms with van der Waals surface area (Å²) in [5, 5.41) is 0. The van der Waals surface area contributed by atoms with E-state index in [1.165, 1.54) is 11.8 Å². The van der Waals surface area contributed by atoms with Crippen LogP contribution in [0.25, 0.3) is 0 Å². The third kappa shape index (κ3) is 2.05. The zero-order chi connectivity index (χ0) is 10.0. The van der Waals surface area contributed by atoms with E-state index < -0.39 is 12.0 Å². The molecule has 1 saturated heterocycles. The lowest BCUT2D eigenvalue weighted by Crippen LogP contribution is -2.52. The molecule has 0 aromatic heterocycles. The zero-order valence-electron chi connectivity index (χ0n) is 7.57. The summed E-state index contributed by atoms with van der Waals surface area (Å²) in [4.78, 5) is 34.2. The Hall–Kier alpha value is -1.39. The number of rotatable bonds is 2. The largest absolute Gasteiger partial charge is 0.454 e. The first-order valence-corrected chi connectivity index (χ1v) is 3.98. The average Bonchev–Trinajstić information content (AvgIpc) is 2.05. The van der Waals surface area contributed by atoms with E-state index in [1.807, 2.05) is 0 Å². The maximum atomic E-state index is 11.2. The van der Waals surface area contributed by atoms with Crippen LogP contribution < -0.4 is 0 Å². The lowest BCUT2D eigenvalue weighted by Gasteiger charge is -2.30. The molecule has 1 aliphatic heterocycles. The lowest BCUT2D eigenvalue weighted by molar-refractivity contribution is -0.168. The molecule has 5 heteroatoms. The summed E-state index contributed by atoms with van der Waals surface area (Å²) in [7, 11) is 0. The fourth-order valence-corrected chi connectivity index (χ4v) is 1.14. The number of cyclic esters (lactones) is 1. The van der Waals surface area contributed by atoms with Crippen molar-refractivity contribution in [2.45, 2.75) is 19.9 Å². The van der Waals surface area contributed by atoms with Gasteiger partial charge >= 0.3 is 5.97 Å². The molecular weight excluding hydrogens is 174 g/mol. The van der Waals surface area contributed by atoms with Gasteiger partial charge in [-0.25, -0.2) is 4.79 Å². The average molecular weight is 185 g/mol. The Bertz CT molecular complexity index is 261. The number of hydrogen-bond donors (Lipinski definition) is 0. The van der Waals surface area contributed by atoms with Crippen molar-refractivity contribution in [1.29, 1.82) is 0 Å². The Morgan fingerprint density at radius 1 is 1.62 bits per heavy atom. The summed E-state index contributed by atoms with van der Waals surface area (Å²) < 4.78 is 4.57. The lowest BCUT2D eigenvalue weighted by atomic mass is 10.2. The molecule has 1 atom stereocenters. The number of Topliss-reactive ketones (excluding diaryl/α,β-unsaturated/α-hetero) is 1. The van der Waals surface area contributed by atoms with Crippen LogP contribution in [0.1, 0.15) is 13.8 Å². The number of carbonyl (C=O) groups excluding carboxylic acids is 3. The van der Waals surface area contributed by atoms with E-state index >= 15 is 0 Å². The van der Waals surface area contributed by atoms with E-state index in [0.29, 0.717) is 0 Å². The van der Waals surface area contributed by atoms with Gasteiger partial charge in [0.15, 0.2) is 6.61 Å². The van der Waals surface area contributed by atoms with Crippen LogP contribution in [0, 0.1) is 0 Å². The van der Waals surface area contributed by atoms with Gasteiger partial charge in [0.2, 0.25) is 0 Å². The monoisotopic (exact) mass is 185 g/mol. The normalized spacial score (nSPS) is 22.9. The highest BCUT2D eigenvalue weighted by Gasteiger charge is 2.33. The van der Waals surface area contributed by atoms with Crippen molar-refractivity contribution in [3.8, 4) is 0 Å². The van der Waals surface area contributed by atoms with Gasteiger partial charge in [-0.05, 0) is 13.8 Å². The maximum absolute atomic E-state index is 11.2. The topological polar surface area (TPSA) is 63.7 Å². The molecule has 0 radical (unpaired) electrons. The number of esters is 1. The van der Waals surface area contributed by atoms with Gasteiger partial charge in [-0.2, -0.15) is 0 Å². The van der Waals surface area contributed by atoms with Crippen LogP contribution in [0.4, 0.5) is 0 Å². The minimum Gasteiger partial charge on any atom is -0.454 e. The van der Waals surface area contributed by atoms with E-state index in [0.717, 1.165) is 0 Å². The molecule has 1 amide bonds. The van der Waals surface area contributed by atoms with E-state index in [9.17, 15) is 14.4 Å². The highest BCUT2D eigenvalue weighted by Crippen LogP contribution is 2.08. The van der Waals surface area contributed by atoms with Crippen LogP contribution in [-0.4, -0.2) is 41.8 Å². The number of hydrogen-bond acceptors (Lipinski definition) is 4. The molecule has 1 aliphatic rings. The highest BCUT2D eigenvalue weighted by molar-refractivity contribution is 5.93. The van der Waals surface area contributed by atoms with E-state index in [4.69, 9.17) is 0 Å². The van der Waals surface area contributed by atoms with Gasteiger partial charge < -0.3 is 9.64 Å². The van der Waals surface area contributed by atoms with Gasteiger partial charge in [-0.1, -0.05) is 0 Å². The standard InChI is InChI=1S/C8H11NO4/c1-5(10)3-9-6(2)8(12)13-4-7(9)11/h6H,3-4H2,1-2H3. The molecule has 1 heterocycles. The molecule has 0 N–H and O–H groups in total. The van der Waals surface area contributed by atoms with Crippen molar-refractivity contribution in [1.82, 2.24) is 4.90 Å². The van der Waals surface area contributed by atoms with Crippen molar-refractivity contribution in [2.24, 2.45) is 0 Å². The predicted molar refractivity (Wildman–Crippen MR) is 42.8 cm³/mol. The number of ketones is 1. The second-order valence-corrected chi connectivity index (χ2v) is 3.01. The Morgan fingerprint density at radius 2 is 2.23 bits per heavy atom. The molecule has 0 bridgehead atoms. The Morgan fingerprint density at radius 3 is 2.77 bits per heavy atom. The summed E-state index contributed by atoms with van der Waals surface area (Å²) in [6.45, 7) is 2.65. The number of ether oxygens (including phenoxy) is 1. The van der Waals surface area contributed by atoms with Gasteiger partial charge in [-0.15, -0.1) is 0 Å². The van der Waals surface area contributed by atoms with Crippen LogP contribution in [-0.2, 0) is 19.1 Å². The highest BCUT2D eigenvalue weighted by atomic mass is 16.5. The molecular formula is C8H11NO4. The number of amides is 1. The minimum atomic E-state index is -0.648. The molecule has 0 saturated carbocycles. The summed E-state index contributed by atoms with van der Waals surface area (Å²) in [6.07, 6.45) is 0. The fourth-order valence-electron chi connectivity index (χ4n) is 1.14. The van der Waals surface area contributed by atoms with Crippen molar-refractivity contribution in [2.75, 3.05) is 13.2 Å². The molecule has 5 nitrogen and oxygen atoms in total. The summed E-state index contributed by atoms with van der Waals surface area (Å²) in [5.74, 6) is -0.918. The van der Waals surface area contributed by atoms with Crippen LogP contribution >= 0.6 is 0 Å². The van der Waals surface area contributed by atoms with Gasteiger partial charge in [-0.3, -0.25) is 9.59 Å². The molecule has 1 rings (SSSR count). The van der Waals surface area contributed by atoms with Gasteiger partial charge in [0, 0.05) is 0 Å². The summed E-state index contributed by atoms with van der Waals surface area (Å²) >= 11 is 0. The van der Waals surface area contributed by atoms with Crippen molar-refractivity contribution in [3.05, 3.63) is 0 Å². The SMILES string of the molecule is CC(=O)CN1C(=O)COC(=O)C1C. The van der Waals surface area contributed by atoms with E-state index in [1.54, 1.807) is 6.92 Å². The minimum absolute atomic E-state index is 0.0188. The van der Waals surface area contributed by atoms with Crippen molar-refractivity contribution in [3.63, 3.8) is 0 Å². The number of carbonyl (C=O) groups is 3. The summed E-state index contributed by atoms with van der Waals surface area (Å²) in [6, 6.07) is -0.648. The quantitative estimate of drug-likeness (QED) is 0.536. The first-order valence-electron chi connectivity index (χ1n) is 3.98. The Labute approximate surface area is 75.6 Å². The molecule has 72 valence electrons. The molecule has 0 aromatic rings. The van der Waals surface area contributed by atoms with Crippen LogP contribution in [0.3, 0.4) is 0 Å². The van der Waals surface area contributed by atoms with E-state index in [2.05, 4.69) is 4.74 Å². The molecule has 0 aliphatic carbocycles. The first-order chi connectivity index (χ1) is 6.02. The number of morpholine rings is 1.